The van der Waals surface area contributed by atoms with E-state index >= 15 is 0 Å². The summed E-state index contributed by atoms with van der Waals surface area (Å²) in [5, 5.41) is 5.69. The predicted molar refractivity (Wildman–Crippen MR) is 254 cm³/mol. The van der Waals surface area contributed by atoms with Crippen LogP contribution >= 0.6 is 0 Å². The zero-order chi connectivity index (χ0) is 40.5. The maximum Gasteiger partial charge on any atom is 0.160 e. The lowest BCUT2D eigenvalue weighted by atomic mass is 9.93. The Morgan fingerprint density at radius 3 is 1.43 bits per heavy atom. The standard InChI is InChI=1S/C57H38N4/c1-6-16-39(17-7-1)40-26-28-43(29-27-40)57-59-52(41-18-8-2-9-19-41)38-53(60-57)45-31-33-49-44(36-45)30-34-51-55(49)50-35-32-48(37-54(50)58-56(51)42-20-10-3-11-21-42)61(46-22-12-4-13-23-46)47-24-14-5-15-25-47/h1-38H. The van der Waals surface area contributed by atoms with Gasteiger partial charge >= 0.3 is 0 Å². The molecule has 4 nitrogen and oxygen atoms in total. The van der Waals surface area contributed by atoms with Gasteiger partial charge < -0.3 is 4.90 Å². The van der Waals surface area contributed by atoms with Crippen molar-refractivity contribution in [1.82, 2.24) is 15.0 Å². The fourth-order valence-electron chi connectivity index (χ4n) is 8.46. The minimum atomic E-state index is 0.690. The van der Waals surface area contributed by atoms with Crippen LogP contribution < -0.4 is 4.90 Å². The predicted octanol–water partition coefficient (Wildman–Crippen LogP) is 15.1. The Morgan fingerprint density at radius 1 is 0.295 bits per heavy atom. The molecule has 11 rings (SSSR count). The van der Waals surface area contributed by atoms with Gasteiger partial charge in [-0.25, -0.2) is 15.0 Å². The second-order valence-corrected chi connectivity index (χ2v) is 15.2. The number of anilines is 3. The van der Waals surface area contributed by atoms with Crippen molar-refractivity contribution in [1.29, 1.82) is 0 Å². The molecule has 0 bridgehead atoms. The number of aromatic nitrogens is 3. The maximum atomic E-state index is 5.43. The number of rotatable bonds is 8. The fourth-order valence-corrected chi connectivity index (χ4v) is 8.46. The highest BCUT2D eigenvalue weighted by Gasteiger charge is 2.18. The molecular formula is C57H38N4. The quantitative estimate of drug-likeness (QED) is 0.144. The van der Waals surface area contributed by atoms with E-state index in [1.165, 1.54) is 10.9 Å². The molecule has 2 aromatic heterocycles. The van der Waals surface area contributed by atoms with E-state index in [0.29, 0.717) is 5.82 Å². The zero-order valence-corrected chi connectivity index (χ0v) is 33.2. The molecular weight excluding hydrogens is 741 g/mol. The smallest absolute Gasteiger partial charge is 0.160 e. The largest absolute Gasteiger partial charge is 0.310 e. The van der Waals surface area contributed by atoms with E-state index < -0.39 is 0 Å². The second kappa shape index (κ2) is 15.5. The van der Waals surface area contributed by atoms with Gasteiger partial charge in [0.05, 0.1) is 22.6 Å². The summed E-state index contributed by atoms with van der Waals surface area (Å²) in [5.74, 6) is 0.690. The third-order valence-electron chi connectivity index (χ3n) is 11.4. The van der Waals surface area contributed by atoms with Crippen LogP contribution in [0.3, 0.4) is 0 Å². The van der Waals surface area contributed by atoms with Gasteiger partial charge in [-0.05, 0) is 70.4 Å². The molecule has 4 heteroatoms. The molecule has 0 spiro atoms. The summed E-state index contributed by atoms with van der Waals surface area (Å²) in [6.07, 6.45) is 0. The van der Waals surface area contributed by atoms with Crippen LogP contribution in [0.15, 0.2) is 231 Å². The first-order valence-corrected chi connectivity index (χ1v) is 20.6. The van der Waals surface area contributed by atoms with Crippen LogP contribution in [0.2, 0.25) is 0 Å². The molecule has 11 aromatic rings. The number of hydrogen-bond acceptors (Lipinski definition) is 4. The van der Waals surface area contributed by atoms with Crippen molar-refractivity contribution in [3.05, 3.63) is 231 Å². The number of fused-ring (bicyclic) bond motifs is 5. The molecule has 0 radical (unpaired) electrons. The lowest BCUT2D eigenvalue weighted by Crippen LogP contribution is -2.09. The zero-order valence-electron chi connectivity index (χ0n) is 33.2. The lowest BCUT2D eigenvalue weighted by Gasteiger charge is -2.26. The number of hydrogen-bond donors (Lipinski definition) is 0. The Bertz CT molecular complexity index is 3280. The molecule has 286 valence electrons. The summed E-state index contributed by atoms with van der Waals surface area (Å²) < 4.78 is 0. The van der Waals surface area contributed by atoms with Crippen molar-refractivity contribution in [2.45, 2.75) is 0 Å². The van der Waals surface area contributed by atoms with E-state index in [4.69, 9.17) is 15.0 Å². The number of pyridine rings is 1. The van der Waals surface area contributed by atoms with Crippen molar-refractivity contribution in [2.24, 2.45) is 0 Å². The van der Waals surface area contributed by atoms with Gasteiger partial charge in [-0.15, -0.1) is 0 Å². The summed E-state index contributed by atoms with van der Waals surface area (Å²) in [6, 6.07) is 80.9. The van der Waals surface area contributed by atoms with E-state index in [2.05, 4.69) is 223 Å². The number of benzene rings is 9. The van der Waals surface area contributed by atoms with Crippen LogP contribution in [0.25, 0.3) is 88.7 Å². The molecule has 0 N–H and O–H groups in total. The van der Waals surface area contributed by atoms with Gasteiger partial charge in [-0.3, -0.25) is 0 Å². The number of para-hydroxylation sites is 2. The minimum absolute atomic E-state index is 0.690. The molecule has 0 saturated heterocycles. The van der Waals surface area contributed by atoms with Gasteiger partial charge in [0, 0.05) is 55.5 Å². The van der Waals surface area contributed by atoms with Crippen molar-refractivity contribution < 1.29 is 0 Å². The molecule has 9 aromatic carbocycles. The Hall–Kier alpha value is -8.21. The van der Waals surface area contributed by atoms with Crippen LogP contribution in [-0.2, 0) is 0 Å². The van der Waals surface area contributed by atoms with E-state index in [1.807, 2.05) is 12.1 Å². The summed E-state index contributed by atoms with van der Waals surface area (Å²) in [7, 11) is 0. The van der Waals surface area contributed by atoms with Crippen LogP contribution in [0.4, 0.5) is 17.1 Å². The molecule has 0 aliphatic carbocycles. The van der Waals surface area contributed by atoms with Gasteiger partial charge in [0.2, 0.25) is 0 Å². The first kappa shape index (κ1) is 35.9. The molecule has 0 aliphatic heterocycles. The SMILES string of the molecule is c1ccc(-c2ccc(-c3nc(-c4ccccc4)cc(-c4ccc5c(ccc6c(-c7ccccc7)nc7cc(N(c8ccccc8)c8ccccc8)ccc7c65)c4)n3)cc2)cc1. The van der Waals surface area contributed by atoms with Gasteiger partial charge in [0.1, 0.15) is 0 Å². The first-order chi connectivity index (χ1) is 30.2. The number of nitrogens with zero attached hydrogens (tertiary/aromatic N) is 4. The van der Waals surface area contributed by atoms with E-state index in [-0.39, 0.29) is 0 Å². The Morgan fingerprint density at radius 2 is 0.787 bits per heavy atom. The Labute approximate surface area is 354 Å². The van der Waals surface area contributed by atoms with Gasteiger partial charge in [0.15, 0.2) is 5.82 Å². The Kier molecular flexibility index (Phi) is 9.14. The normalized spacial score (nSPS) is 11.3. The molecule has 0 fully saturated rings. The highest BCUT2D eigenvalue weighted by Crippen LogP contribution is 2.42. The Balaban J connectivity index is 1.08. The average Bonchev–Trinajstić information content (AvgIpc) is 3.35. The average molecular weight is 779 g/mol. The molecule has 61 heavy (non-hydrogen) atoms. The molecule has 0 saturated carbocycles. The van der Waals surface area contributed by atoms with Gasteiger partial charge in [0.25, 0.3) is 0 Å². The molecule has 0 atom stereocenters. The maximum absolute atomic E-state index is 5.43. The molecule has 0 amide bonds. The highest BCUT2D eigenvalue weighted by molar-refractivity contribution is 6.23. The van der Waals surface area contributed by atoms with E-state index in [9.17, 15) is 0 Å². The molecule has 0 aliphatic rings. The molecule has 0 unspecified atom stereocenters. The molecule has 2 heterocycles. The van der Waals surface area contributed by atoms with Crippen molar-refractivity contribution in [2.75, 3.05) is 4.90 Å². The summed E-state index contributed by atoms with van der Waals surface area (Å²) in [6.45, 7) is 0. The van der Waals surface area contributed by atoms with Crippen molar-refractivity contribution >= 4 is 49.5 Å². The summed E-state index contributed by atoms with van der Waals surface area (Å²) in [4.78, 5) is 18.1. The van der Waals surface area contributed by atoms with Gasteiger partial charge in [-0.2, -0.15) is 0 Å². The van der Waals surface area contributed by atoms with Crippen LogP contribution in [-0.4, -0.2) is 15.0 Å². The third-order valence-corrected chi connectivity index (χ3v) is 11.4. The van der Waals surface area contributed by atoms with Crippen LogP contribution in [0.5, 0.6) is 0 Å². The fraction of sp³-hybridized carbons (Fsp3) is 0. The van der Waals surface area contributed by atoms with Crippen molar-refractivity contribution in [3.8, 4) is 56.3 Å². The van der Waals surface area contributed by atoms with Crippen molar-refractivity contribution in [3.63, 3.8) is 0 Å². The lowest BCUT2D eigenvalue weighted by molar-refractivity contribution is 1.18. The van der Waals surface area contributed by atoms with E-state index in [1.54, 1.807) is 0 Å². The summed E-state index contributed by atoms with van der Waals surface area (Å²) in [5.41, 5.74) is 13.3. The second-order valence-electron chi connectivity index (χ2n) is 15.2. The van der Waals surface area contributed by atoms with Crippen LogP contribution in [0.1, 0.15) is 0 Å². The van der Waals surface area contributed by atoms with E-state index in [0.717, 1.165) is 89.0 Å². The minimum Gasteiger partial charge on any atom is -0.310 e. The third kappa shape index (κ3) is 6.86. The summed E-state index contributed by atoms with van der Waals surface area (Å²) >= 11 is 0. The first-order valence-electron chi connectivity index (χ1n) is 20.6. The van der Waals surface area contributed by atoms with Crippen LogP contribution in [0, 0.1) is 0 Å². The van der Waals surface area contributed by atoms with Gasteiger partial charge in [-0.1, -0.05) is 182 Å². The highest BCUT2D eigenvalue weighted by atomic mass is 15.1. The monoisotopic (exact) mass is 778 g/mol. The topological polar surface area (TPSA) is 41.9 Å².